The lowest BCUT2D eigenvalue weighted by Gasteiger charge is -2.34. The van der Waals surface area contributed by atoms with Gasteiger partial charge in [0.05, 0.1) is 12.6 Å². The van der Waals surface area contributed by atoms with E-state index >= 15 is 0 Å². The molecule has 1 unspecified atom stereocenters. The maximum Gasteiger partial charge on any atom is 0.0626 e. The van der Waals surface area contributed by atoms with Gasteiger partial charge in [0, 0.05) is 17.6 Å². The zero-order valence-electron chi connectivity index (χ0n) is 13.6. The lowest BCUT2D eigenvalue weighted by atomic mass is 10.0. The molecule has 1 atom stereocenters. The van der Waals surface area contributed by atoms with E-state index in [1.54, 1.807) is 0 Å². The Balaban J connectivity index is 1.83. The first-order valence-electron chi connectivity index (χ1n) is 8.06. The van der Waals surface area contributed by atoms with Crippen molar-refractivity contribution in [3.63, 3.8) is 0 Å². The molecule has 1 aromatic carbocycles. The Labute approximate surface area is 139 Å². The van der Waals surface area contributed by atoms with Crippen molar-refractivity contribution in [2.45, 2.75) is 38.8 Å². The summed E-state index contributed by atoms with van der Waals surface area (Å²) in [5, 5.41) is 14.0. The van der Waals surface area contributed by atoms with Crippen LogP contribution in [0, 0.1) is 0 Å². The molecule has 0 saturated carbocycles. The van der Waals surface area contributed by atoms with Crippen LogP contribution in [0.2, 0.25) is 5.02 Å². The largest absolute Gasteiger partial charge is 0.394 e. The number of hydrogen-bond donors (Lipinski definition) is 2. The molecule has 3 nitrogen and oxygen atoms in total. The second kappa shape index (κ2) is 8.68. The highest BCUT2D eigenvalue weighted by molar-refractivity contribution is 6.30. The molecule has 0 spiro atoms. The van der Waals surface area contributed by atoms with Gasteiger partial charge in [0.1, 0.15) is 0 Å². The fourth-order valence-corrected chi connectivity index (χ4v) is 2.95. The van der Waals surface area contributed by atoms with Crippen LogP contribution in [0.5, 0.6) is 0 Å². The first kappa shape index (κ1) is 17.5. The Morgan fingerprint density at radius 3 is 2.50 bits per heavy atom. The van der Waals surface area contributed by atoms with Gasteiger partial charge in [-0.05, 0) is 57.5 Å². The molecular formula is C18H27ClN2O. The Morgan fingerprint density at radius 1 is 1.32 bits per heavy atom. The standard InChI is InChI=1S/C18H27ClN2O/c1-14(2)7-10-21-11-8-17(9-12-21)20-18(13-22)15-3-5-16(19)6-4-15/h3-7,17-18,20,22H,8-13H2,1-2H3. The van der Waals surface area contributed by atoms with Crippen molar-refractivity contribution in [2.24, 2.45) is 0 Å². The molecule has 0 amide bonds. The van der Waals surface area contributed by atoms with E-state index in [0.29, 0.717) is 6.04 Å². The highest BCUT2D eigenvalue weighted by Crippen LogP contribution is 2.19. The van der Waals surface area contributed by atoms with Gasteiger partial charge in [-0.25, -0.2) is 0 Å². The van der Waals surface area contributed by atoms with Crippen molar-refractivity contribution in [2.75, 3.05) is 26.2 Å². The quantitative estimate of drug-likeness (QED) is 0.788. The van der Waals surface area contributed by atoms with Gasteiger partial charge < -0.3 is 10.4 Å². The number of hydrogen-bond acceptors (Lipinski definition) is 3. The molecule has 2 rings (SSSR count). The molecule has 0 aromatic heterocycles. The van der Waals surface area contributed by atoms with Gasteiger partial charge in [0.25, 0.3) is 0 Å². The van der Waals surface area contributed by atoms with Gasteiger partial charge in [0.2, 0.25) is 0 Å². The van der Waals surface area contributed by atoms with Crippen LogP contribution in [0.15, 0.2) is 35.9 Å². The van der Waals surface area contributed by atoms with Crippen molar-refractivity contribution in [3.8, 4) is 0 Å². The number of nitrogens with zero attached hydrogens (tertiary/aromatic N) is 1. The molecule has 1 heterocycles. The van der Waals surface area contributed by atoms with Crippen LogP contribution in [0.4, 0.5) is 0 Å². The van der Waals surface area contributed by atoms with Gasteiger partial charge >= 0.3 is 0 Å². The third kappa shape index (κ3) is 5.40. The lowest BCUT2D eigenvalue weighted by Crippen LogP contribution is -2.44. The first-order chi connectivity index (χ1) is 10.6. The minimum absolute atomic E-state index is 0.00778. The van der Waals surface area contributed by atoms with E-state index in [1.807, 2.05) is 24.3 Å². The number of nitrogens with one attached hydrogen (secondary N) is 1. The molecule has 0 bridgehead atoms. The summed E-state index contributed by atoms with van der Waals surface area (Å²) in [5.41, 5.74) is 2.47. The van der Waals surface area contributed by atoms with Crippen molar-refractivity contribution in [3.05, 3.63) is 46.5 Å². The number of benzene rings is 1. The molecule has 4 heteroatoms. The van der Waals surface area contributed by atoms with Crippen LogP contribution >= 0.6 is 11.6 Å². The van der Waals surface area contributed by atoms with Crippen molar-refractivity contribution < 1.29 is 5.11 Å². The number of halogens is 1. The van der Waals surface area contributed by atoms with Crippen LogP contribution in [0.1, 0.15) is 38.3 Å². The fourth-order valence-electron chi connectivity index (χ4n) is 2.83. The first-order valence-corrected chi connectivity index (χ1v) is 8.44. The SMILES string of the molecule is CC(C)=CCN1CCC(NC(CO)c2ccc(Cl)cc2)CC1. The second-order valence-corrected chi connectivity index (χ2v) is 6.75. The van der Waals surface area contributed by atoms with Gasteiger partial charge in [0.15, 0.2) is 0 Å². The maximum atomic E-state index is 9.66. The van der Waals surface area contributed by atoms with E-state index in [1.165, 1.54) is 5.57 Å². The summed E-state index contributed by atoms with van der Waals surface area (Å²) >= 11 is 5.93. The number of likely N-dealkylation sites (tertiary alicyclic amines) is 1. The predicted molar refractivity (Wildman–Crippen MR) is 93.3 cm³/mol. The molecule has 0 radical (unpaired) electrons. The van der Waals surface area contributed by atoms with Gasteiger partial charge in [-0.15, -0.1) is 0 Å². The zero-order valence-corrected chi connectivity index (χ0v) is 14.3. The Morgan fingerprint density at radius 2 is 1.95 bits per heavy atom. The predicted octanol–water partition coefficient (Wildman–Crippen LogP) is 3.39. The second-order valence-electron chi connectivity index (χ2n) is 6.31. The molecule has 22 heavy (non-hydrogen) atoms. The third-order valence-corrected chi connectivity index (χ3v) is 4.49. The molecular weight excluding hydrogens is 296 g/mol. The maximum absolute atomic E-state index is 9.66. The molecule has 1 fully saturated rings. The van der Waals surface area contributed by atoms with Crippen LogP contribution in [0.3, 0.4) is 0 Å². The average Bonchev–Trinajstić information content (AvgIpc) is 2.52. The summed E-state index contributed by atoms with van der Waals surface area (Å²) in [6, 6.07) is 8.19. The van der Waals surface area contributed by atoms with Gasteiger partial charge in [-0.2, -0.15) is 0 Å². The summed E-state index contributed by atoms with van der Waals surface area (Å²) in [5.74, 6) is 0. The minimum Gasteiger partial charge on any atom is -0.394 e. The van der Waals surface area contributed by atoms with Crippen molar-refractivity contribution in [1.82, 2.24) is 10.2 Å². The topological polar surface area (TPSA) is 35.5 Å². The molecule has 1 aliphatic heterocycles. The van der Waals surface area contributed by atoms with Gasteiger partial charge in [-0.3, -0.25) is 4.90 Å². The smallest absolute Gasteiger partial charge is 0.0626 e. The van der Waals surface area contributed by atoms with E-state index in [-0.39, 0.29) is 12.6 Å². The molecule has 2 N–H and O–H groups in total. The normalized spacial score (nSPS) is 18.2. The van der Waals surface area contributed by atoms with Gasteiger partial charge in [-0.1, -0.05) is 35.4 Å². The number of aliphatic hydroxyl groups is 1. The summed E-state index contributed by atoms with van der Waals surface area (Å²) < 4.78 is 0. The summed E-state index contributed by atoms with van der Waals surface area (Å²) in [7, 11) is 0. The zero-order chi connectivity index (χ0) is 15.9. The monoisotopic (exact) mass is 322 g/mol. The summed E-state index contributed by atoms with van der Waals surface area (Å²) in [4.78, 5) is 2.49. The molecule has 1 saturated heterocycles. The summed E-state index contributed by atoms with van der Waals surface area (Å²) in [6.45, 7) is 7.67. The van der Waals surface area contributed by atoms with Crippen LogP contribution in [-0.2, 0) is 0 Å². The minimum atomic E-state index is -0.00778. The highest BCUT2D eigenvalue weighted by atomic mass is 35.5. The lowest BCUT2D eigenvalue weighted by molar-refractivity contribution is 0.181. The molecule has 122 valence electrons. The van der Waals surface area contributed by atoms with E-state index < -0.39 is 0 Å². The Kier molecular flexibility index (Phi) is 6.90. The number of piperidine rings is 1. The van der Waals surface area contributed by atoms with E-state index in [2.05, 4.69) is 30.1 Å². The van der Waals surface area contributed by atoms with E-state index in [4.69, 9.17) is 11.6 Å². The molecule has 0 aliphatic carbocycles. The molecule has 1 aliphatic rings. The van der Waals surface area contributed by atoms with Crippen molar-refractivity contribution in [1.29, 1.82) is 0 Å². The van der Waals surface area contributed by atoms with Crippen LogP contribution < -0.4 is 5.32 Å². The van der Waals surface area contributed by atoms with E-state index in [9.17, 15) is 5.11 Å². The highest BCUT2D eigenvalue weighted by Gasteiger charge is 2.21. The van der Waals surface area contributed by atoms with Crippen LogP contribution in [0.25, 0.3) is 0 Å². The van der Waals surface area contributed by atoms with Crippen LogP contribution in [-0.4, -0.2) is 42.3 Å². The number of rotatable bonds is 6. The summed E-state index contributed by atoms with van der Waals surface area (Å²) in [6.07, 6.45) is 4.54. The van der Waals surface area contributed by atoms with E-state index in [0.717, 1.165) is 43.1 Å². The Bertz CT molecular complexity index is 474. The third-order valence-electron chi connectivity index (χ3n) is 4.24. The number of aliphatic hydroxyl groups excluding tert-OH is 1. The molecule has 1 aromatic rings. The fraction of sp³-hybridized carbons (Fsp3) is 0.556. The van der Waals surface area contributed by atoms with Crippen molar-refractivity contribution >= 4 is 11.6 Å². The number of allylic oxidation sites excluding steroid dienone is 1. The Hall–Kier alpha value is -0.870. The average molecular weight is 323 g/mol.